The average molecular weight is 273 g/mol. The fourth-order valence-corrected chi connectivity index (χ4v) is 2.90. The van der Waals surface area contributed by atoms with Gasteiger partial charge in [-0.2, -0.15) is 0 Å². The van der Waals surface area contributed by atoms with Crippen molar-refractivity contribution in [2.24, 2.45) is 0 Å². The van der Waals surface area contributed by atoms with Gasteiger partial charge in [-0.05, 0) is 19.9 Å². The molecule has 2 rings (SSSR count). The van der Waals surface area contributed by atoms with Gasteiger partial charge in [-0.3, -0.25) is 0 Å². The Hall–Kier alpha value is -0.580. The van der Waals surface area contributed by atoms with Crippen molar-refractivity contribution in [2.75, 3.05) is 37.1 Å². The first-order chi connectivity index (χ1) is 8.20. The van der Waals surface area contributed by atoms with Gasteiger partial charge in [0.15, 0.2) is 5.13 Å². The second kappa shape index (κ2) is 5.85. The third kappa shape index (κ3) is 3.21. The zero-order valence-electron chi connectivity index (χ0n) is 10.2. The van der Waals surface area contributed by atoms with Crippen LogP contribution in [0.25, 0.3) is 6.08 Å². The summed E-state index contributed by atoms with van der Waals surface area (Å²) in [5.74, 6) is 0.574. The van der Waals surface area contributed by atoms with Crippen molar-refractivity contribution in [1.29, 1.82) is 0 Å². The van der Waals surface area contributed by atoms with Crippen LogP contribution in [0.4, 0.5) is 5.13 Å². The van der Waals surface area contributed by atoms with Gasteiger partial charge in [0.25, 0.3) is 0 Å². The fourth-order valence-electron chi connectivity index (χ4n) is 1.68. The Bertz CT molecular complexity index is 411. The summed E-state index contributed by atoms with van der Waals surface area (Å²) >= 11 is 7.53. The van der Waals surface area contributed by atoms with Crippen molar-refractivity contribution in [3.8, 4) is 0 Å². The predicted molar refractivity (Wildman–Crippen MR) is 74.3 cm³/mol. The molecule has 0 radical (unpaired) electrons. The lowest BCUT2D eigenvalue weighted by atomic mass is 10.3. The topological polar surface area (TPSA) is 25.4 Å². The minimum absolute atomic E-state index is 0.574. The van der Waals surface area contributed by atoms with Crippen LogP contribution in [-0.2, 0) is 4.74 Å². The molecule has 0 aromatic carbocycles. The van der Waals surface area contributed by atoms with Crippen LogP contribution in [0.3, 0.4) is 0 Å². The van der Waals surface area contributed by atoms with Crippen LogP contribution in [0.1, 0.15) is 17.5 Å². The Labute approximate surface area is 111 Å². The number of morpholine rings is 1. The smallest absolute Gasteiger partial charge is 0.186 e. The normalized spacial score (nSPS) is 17.6. The molecule has 1 aromatic heterocycles. The van der Waals surface area contributed by atoms with Gasteiger partial charge in [-0.25, -0.2) is 4.98 Å². The lowest BCUT2D eigenvalue weighted by Crippen LogP contribution is -2.36. The lowest BCUT2D eigenvalue weighted by molar-refractivity contribution is 0.122. The van der Waals surface area contributed by atoms with Gasteiger partial charge in [-0.1, -0.05) is 16.9 Å². The third-order valence-corrected chi connectivity index (χ3v) is 4.28. The molecular weight excluding hydrogens is 256 g/mol. The Morgan fingerprint density at radius 3 is 2.88 bits per heavy atom. The molecule has 1 saturated heterocycles. The summed E-state index contributed by atoms with van der Waals surface area (Å²) in [5, 5.41) is 1.10. The van der Waals surface area contributed by atoms with Crippen LogP contribution in [0.2, 0.25) is 0 Å². The molecule has 0 aliphatic carbocycles. The van der Waals surface area contributed by atoms with Crippen LogP contribution in [0, 0.1) is 6.92 Å². The van der Waals surface area contributed by atoms with E-state index in [0.717, 1.165) is 37.1 Å². The Balaban J connectivity index is 2.17. The zero-order chi connectivity index (χ0) is 12.3. The second-order valence-corrected chi connectivity index (χ2v) is 5.45. The van der Waals surface area contributed by atoms with Gasteiger partial charge in [-0.15, -0.1) is 11.6 Å². The number of alkyl halides is 1. The quantitative estimate of drug-likeness (QED) is 0.791. The molecule has 0 amide bonds. The van der Waals surface area contributed by atoms with E-state index in [-0.39, 0.29) is 0 Å². The molecule has 0 N–H and O–H groups in total. The molecule has 0 saturated carbocycles. The maximum atomic E-state index is 5.80. The summed E-state index contributed by atoms with van der Waals surface area (Å²) in [5.41, 5.74) is 2.26. The number of hydrogen-bond acceptors (Lipinski definition) is 4. The van der Waals surface area contributed by atoms with E-state index in [2.05, 4.69) is 16.0 Å². The highest BCUT2D eigenvalue weighted by molar-refractivity contribution is 7.16. The SMILES string of the molecule is CC(=Cc1sc(N2CCOCC2)nc1C)CCl. The average Bonchev–Trinajstić information content (AvgIpc) is 2.72. The van der Waals surface area contributed by atoms with Gasteiger partial charge < -0.3 is 9.64 Å². The minimum atomic E-state index is 0.574. The molecular formula is C12H17ClN2OS. The summed E-state index contributed by atoms with van der Waals surface area (Å²) in [6, 6.07) is 0. The first-order valence-electron chi connectivity index (χ1n) is 5.74. The molecule has 0 atom stereocenters. The molecule has 0 spiro atoms. The van der Waals surface area contributed by atoms with Gasteiger partial charge >= 0.3 is 0 Å². The van der Waals surface area contributed by atoms with Crippen LogP contribution >= 0.6 is 22.9 Å². The van der Waals surface area contributed by atoms with E-state index in [1.54, 1.807) is 11.3 Å². The van der Waals surface area contributed by atoms with Crippen LogP contribution in [-0.4, -0.2) is 37.2 Å². The van der Waals surface area contributed by atoms with E-state index in [4.69, 9.17) is 16.3 Å². The van der Waals surface area contributed by atoms with Gasteiger partial charge in [0.05, 0.1) is 23.8 Å². The number of ether oxygens (including phenoxy) is 1. The molecule has 3 nitrogen and oxygen atoms in total. The van der Waals surface area contributed by atoms with Crippen LogP contribution in [0.15, 0.2) is 5.57 Å². The highest BCUT2D eigenvalue weighted by atomic mass is 35.5. The first kappa shape index (κ1) is 12.9. The molecule has 1 aliphatic rings. The molecule has 1 aliphatic heterocycles. The zero-order valence-corrected chi connectivity index (χ0v) is 11.8. The Morgan fingerprint density at radius 1 is 1.53 bits per heavy atom. The first-order valence-corrected chi connectivity index (χ1v) is 7.09. The number of halogens is 1. The van der Waals surface area contributed by atoms with E-state index < -0.39 is 0 Å². The molecule has 17 heavy (non-hydrogen) atoms. The molecule has 5 heteroatoms. The number of thiazole rings is 1. The van der Waals surface area contributed by atoms with Gasteiger partial charge in [0, 0.05) is 19.0 Å². The van der Waals surface area contributed by atoms with E-state index in [1.165, 1.54) is 10.5 Å². The minimum Gasteiger partial charge on any atom is -0.378 e. The number of rotatable bonds is 3. The second-order valence-electron chi connectivity index (χ2n) is 4.17. The molecule has 1 aromatic rings. The maximum absolute atomic E-state index is 5.80. The van der Waals surface area contributed by atoms with Crippen molar-refractivity contribution in [2.45, 2.75) is 13.8 Å². The lowest BCUT2D eigenvalue weighted by Gasteiger charge is -2.25. The highest BCUT2D eigenvalue weighted by Gasteiger charge is 2.16. The molecule has 0 bridgehead atoms. The summed E-state index contributed by atoms with van der Waals surface area (Å²) in [7, 11) is 0. The number of anilines is 1. The summed E-state index contributed by atoms with van der Waals surface area (Å²) in [6.07, 6.45) is 2.13. The molecule has 0 unspecified atom stereocenters. The van der Waals surface area contributed by atoms with Crippen molar-refractivity contribution >= 4 is 34.1 Å². The monoisotopic (exact) mass is 272 g/mol. The molecule has 1 fully saturated rings. The number of aryl methyl sites for hydroxylation is 1. The molecule has 2 heterocycles. The maximum Gasteiger partial charge on any atom is 0.186 e. The summed E-state index contributed by atoms with van der Waals surface area (Å²) in [6.45, 7) is 7.55. The van der Waals surface area contributed by atoms with Crippen molar-refractivity contribution in [3.63, 3.8) is 0 Å². The number of nitrogens with zero attached hydrogens (tertiary/aromatic N) is 2. The summed E-state index contributed by atoms with van der Waals surface area (Å²) < 4.78 is 5.35. The van der Waals surface area contributed by atoms with E-state index in [0.29, 0.717) is 5.88 Å². The Morgan fingerprint density at radius 2 is 2.24 bits per heavy atom. The largest absolute Gasteiger partial charge is 0.378 e. The van der Waals surface area contributed by atoms with Gasteiger partial charge in [0.2, 0.25) is 0 Å². The standard InChI is InChI=1S/C12H17ClN2OS/c1-9(8-13)7-11-10(2)14-12(17-11)15-3-5-16-6-4-15/h7H,3-6,8H2,1-2H3. The van der Waals surface area contributed by atoms with Crippen molar-refractivity contribution < 1.29 is 4.74 Å². The van der Waals surface area contributed by atoms with Crippen LogP contribution < -0.4 is 4.90 Å². The van der Waals surface area contributed by atoms with E-state index in [9.17, 15) is 0 Å². The number of allylic oxidation sites excluding steroid dienone is 1. The number of aromatic nitrogens is 1. The summed E-state index contributed by atoms with van der Waals surface area (Å²) in [4.78, 5) is 8.12. The third-order valence-electron chi connectivity index (χ3n) is 2.69. The van der Waals surface area contributed by atoms with E-state index >= 15 is 0 Å². The molecule has 94 valence electrons. The van der Waals surface area contributed by atoms with Gasteiger partial charge in [0.1, 0.15) is 0 Å². The predicted octanol–water partition coefficient (Wildman–Crippen LogP) is 2.93. The highest BCUT2D eigenvalue weighted by Crippen LogP contribution is 2.28. The van der Waals surface area contributed by atoms with Crippen LogP contribution in [0.5, 0.6) is 0 Å². The fraction of sp³-hybridized carbons (Fsp3) is 0.583. The number of hydrogen-bond donors (Lipinski definition) is 0. The Kier molecular flexibility index (Phi) is 4.42. The van der Waals surface area contributed by atoms with Crippen molar-refractivity contribution in [1.82, 2.24) is 4.98 Å². The van der Waals surface area contributed by atoms with Crippen molar-refractivity contribution in [3.05, 3.63) is 16.1 Å². The van der Waals surface area contributed by atoms with E-state index in [1.807, 2.05) is 13.8 Å².